The Morgan fingerprint density at radius 2 is 1.89 bits per heavy atom. The van der Waals surface area contributed by atoms with Crippen LogP contribution in [0.2, 0.25) is 0 Å². The molecule has 0 bridgehead atoms. The maximum absolute atomic E-state index is 9.56. The van der Waals surface area contributed by atoms with E-state index in [1.54, 1.807) is 11.3 Å². The van der Waals surface area contributed by atoms with Crippen LogP contribution in [0, 0.1) is 0 Å². The summed E-state index contributed by atoms with van der Waals surface area (Å²) >= 11 is 1.76. The van der Waals surface area contributed by atoms with E-state index in [1.807, 2.05) is 18.2 Å². The van der Waals surface area contributed by atoms with E-state index < -0.39 is 0 Å². The van der Waals surface area contributed by atoms with E-state index in [0.717, 1.165) is 12.0 Å². The highest BCUT2D eigenvalue weighted by atomic mass is 32.1. The summed E-state index contributed by atoms with van der Waals surface area (Å²) in [5.41, 5.74) is 1.13. The SMILES string of the molecule is CCC(NC(CO)c1ccccc1)c1cccs1. The van der Waals surface area contributed by atoms with Crippen LogP contribution >= 0.6 is 11.3 Å². The molecule has 2 N–H and O–H groups in total. The number of thiophene rings is 1. The van der Waals surface area contributed by atoms with Gasteiger partial charge in [0.25, 0.3) is 0 Å². The fourth-order valence-corrected chi connectivity index (χ4v) is 2.94. The maximum Gasteiger partial charge on any atom is 0.0626 e. The maximum atomic E-state index is 9.56. The van der Waals surface area contributed by atoms with Crippen LogP contribution < -0.4 is 5.32 Å². The lowest BCUT2D eigenvalue weighted by molar-refractivity contribution is 0.232. The molecule has 0 aliphatic rings. The molecular formula is C15H19NOS. The van der Waals surface area contributed by atoms with Crippen LogP contribution in [0.25, 0.3) is 0 Å². The molecule has 2 unspecified atom stereocenters. The van der Waals surface area contributed by atoms with Gasteiger partial charge in [0.05, 0.1) is 12.6 Å². The number of rotatable bonds is 6. The summed E-state index contributed by atoms with van der Waals surface area (Å²) in [5, 5.41) is 15.2. The van der Waals surface area contributed by atoms with Crippen molar-refractivity contribution >= 4 is 11.3 Å². The molecule has 18 heavy (non-hydrogen) atoms. The van der Waals surface area contributed by atoms with Gasteiger partial charge in [0, 0.05) is 10.9 Å². The molecule has 2 rings (SSSR count). The predicted molar refractivity (Wildman–Crippen MR) is 76.8 cm³/mol. The molecule has 1 aromatic carbocycles. The zero-order valence-corrected chi connectivity index (χ0v) is 11.4. The first-order valence-electron chi connectivity index (χ1n) is 6.30. The quantitative estimate of drug-likeness (QED) is 0.834. The van der Waals surface area contributed by atoms with Crippen LogP contribution in [0.1, 0.15) is 35.9 Å². The average molecular weight is 261 g/mol. The van der Waals surface area contributed by atoms with E-state index >= 15 is 0 Å². The van der Waals surface area contributed by atoms with Crippen molar-refractivity contribution in [2.24, 2.45) is 0 Å². The Hall–Kier alpha value is -1.16. The molecule has 2 atom stereocenters. The molecule has 0 saturated carbocycles. The lowest BCUT2D eigenvalue weighted by Gasteiger charge is -2.23. The number of nitrogens with one attached hydrogen (secondary N) is 1. The van der Waals surface area contributed by atoms with Gasteiger partial charge < -0.3 is 10.4 Å². The van der Waals surface area contributed by atoms with Gasteiger partial charge >= 0.3 is 0 Å². The average Bonchev–Trinajstić information content (AvgIpc) is 2.95. The minimum Gasteiger partial charge on any atom is -0.394 e. The van der Waals surface area contributed by atoms with Crippen LogP contribution in [0.5, 0.6) is 0 Å². The molecule has 1 heterocycles. The summed E-state index contributed by atoms with van der Waals surface area (Å²) in [6.07, 6.45) is 1.02. The van der Waals surface area contributed by atoms with Crippen molar-refractivity contribution in [3.05, 3.63) is 58.3 Å². The first-order chi connectivity index (χ1) is 8.85. The van der Waals surface area contributed by atoms with Gasteiger partial charge in [-0.3, -0.25) is 0 Å². The Balaban J connectivity index is 2.10. The first kappa shape index (κ1) is 13.3. The fraction of sp³-hybridized carbons (Fsp3) is 0.333. The summed E-state index contributed by atoms with van der Waals surface area (Å²) in [7, 11) is 0. The zero-order chi connectivity index (χ0) is 12.8. The van der Waals surface area contributed by atoms with E-state index in [-0.39, 0.29) is 12.6 Å². The zero-order valence-electron chi connectivity index (χ0n) is 10.5. The Morgan fingerprint density at radius 1 is 1.11 bits per heavy atom. The van der Waals surface area contributed by atoms with Crippen molar-refractivity contribution in [2.75, 3.05) is 6.61 Å². The Bertz CT molecular complexity index is 441. The topological polar surface area (TPSA) is 32.3 Å². The van der Waals surface area contributed by atoms with Gasteiger partial charge in [-0.2, -0.15) is 0 Å². The molecule has 2 nitrogen and oxygen atoms in total. The third-order valence-corrected chi connectivity index (χ3v) is 4.07. The molecule has 0 aliphatic carbocycles. The number of aliphatic hydroxyl groups excluding tert-OH is 1. The molecule has 0 aliphatic heterocycles. The van der Waals surface area contributed by atoms with Crippen molar-refractivity contribution in [1.29, 1.82) is 0 Å². The smallest absolute Gasteiger partial charge is 0.0626 e. The van der Waals surface area contributed by atoms with E-state index in [0.29, 0.717) is 6.04 Å². The van der Waals surface area contributed by atoms with Gasteiger partial charge in [-0.05, 0) is 23.4 Å². The van der Waals surface area contributed by atoms with Crippen molar-refractivity contribution < 1.29 is 5.11 Å². The molecule has 0 spiro atoms. The van der Waals surface area contributed by atoms with Crippen molar-refractivity contribution in [1.82, 2.24) is 5.32 Å². The lowest BCUT2D eigenvalue weighted by Crippen LogP contribution is -2.28. The van der Waals surface area contributed by atoms with E-state index in [2.05, 4.69) is 41.9 Å². The van der Waals surface area contributed by atoms with Gasteiger partial charge in [0.1, 0.15) is 0 Å². The van der Waals surface area contributed by atoms with Crippen molar-refractivity contribution in [3.8, 4) is 0 Å². The van der Waals surface area contributed by atoms with Crippen molar-refractivity contribution in [2.45, 2.75) is 25.4 Å². The highest BCUT2D eigenvalue weighted by Gasteiger charge is 2.16. The molecular weight excluding hydrogens is 242 g/mol. The number of aliphatic hydroxyl groups is 1. The van der Waals surface area contributed by atoms with Crippen LogP contribution in [0.3, 0.4) is 0 Å². The van der Waals surface area contributed by atoms with Gasteiger partial charge in [-0.15, -0.1) is 11.3 Å². The molecule has 3 heteroatoms. The minimum atomic E-state index is -0.00162. The van der Waals surface area contributed by atoms with Crippen LogP contribution in [0.4, 0.5) is 0 Å². The van der Waals surface area contributed by atoms with Gasteiger partial charge in [-0.1, -0.05) is 43.3 Å². The largest absolute Gasteiger partial charge is 0.394 e. The highest BCUT2D eigenvalue weighted by Crippen LogP contribution is 2.25. The van der Waals surface area contributed by atoms with Gasteiger partial charge in [0.15, 0.2) is 0 Å². The number of benzene rings is 1. The molecule has 0 saturated heterocycles. The van der Waals surface area contributed by atoms with Gasteiger partial charge in [-0.25, -0.2) is 0 Å². The second kappa shape index (κ2) is 6.69. The first-order valence-corrected chi connectivity index (χ1v) is 7.18. The highest BCUT2D eigenvalue weighted by molar-refractivity contribution is 7.10. The Kier molecular flexibility index (Phi) is 4.93. The second-order valence-electron chi connectivity index (χ2n) is 4.29. The normalized spacial score (nSPS) is 14.3. The molecule has 0 fully saturated rings. The summed E-state index contributed by atoms with van der Waals surface area (Å²) in [5.74, 6) is 0. The Morgan fingerprint density at radius 3 is 2.44 bits per heavy atom. The predicted octanol–water partition coefficient (Wildman–Crippen LogP) is 3.52. The molecule has 1 aromatic heterocycles. The minimum absolute atomic E-state index is 0.00162. The summed E-state index contributed by atoms with van der Waals surface area (Å²) in [6.45, 7) is 2.28. The summed E-state index contributed by atoms with van der Waals surface area (Å²) < 4.78 is 0. The summed E-state index contributed by atoms with van der Waals surface area (Å²) in [6, 6.07) is 14.6. The monoisotopic (exact) mass is 261 g/mol. The van der Waals surface area contributed by atoms with Crippen LogP contribution in [0.15, 0.2) is 47.8 Å². The molecule has 0 amide bonds. The third-order valence-electron chi connectivity index (χ3n) is 3.08. The molecule has 96 valence electrons. The summed E-state index contributed by atoms with van der Waals surface area (Å²) in [4.78, 5) is 1.33. The standard InChI is InChI=1S/C15H19NOS/c1-2-13(15-9-6-10-18-15)16-14(11-17)12-7-4-3-5-8-12/h3-10,13-14,16-17H,2,11H2,1H3. The van der Waals surface area contributed by atoms with Crippen molar-refractivity contribution in [3.63, 3.8) is 0 Å². The fourth-order valence-electron chi connectivity index (χ4n) is 2.07. The van der Waals surface area contributed by atoms with Crippen LogP contribution in [-0.4, -0.2) is 11.7 Å². The third kappa shape index (κ3) is 3.19. The van der Waals surface area contributed by atoms with E-state index in [4.69, 9.17) is 0 Å². The number of hydrogen-bond donors (Lipinski definition) is 2. The molecule has 0 radical (unpaired) electrons. The van der Waals surface area contributed by atoms with E-state index in [9.17, 15) is 5.11 Å². The number of hydrogen-bond acceptors (Lipinski definition) is 3. The second-order valence-corrected chi connectivity index (χ2v) is 5.27. The Labute approximate surface area is 112 Å². The molecule has 2 aromatic rings. The van der Waals surface area contributed by atoms with Gasteiger partial charge in [0.2, 0.25) is 0 Å². The lowest BCUT2D eigenvalue weighted by atomic mass is 10.1. The van der Waals surface area contributed by atoms with E-state index in [1.165, 1.54) is 4.88 Å². The van der Waals surface area contributed by atoms with Crippen LogP contribution in [-0.2, 0) is 0 Å².